The van der Waals surface area contributed by atoms with Gasteiger partial charge in [0.05, 0.1) is 0 Å². The summed E-state index contributed by atoms with van der Waals surface area (Å²) >= 11 is 5.69. The minimum atomic E-state index is 0.370. The van der Waals surface area contributed by atoms with Crippen LogP contribution in [0.4, 0.5) is 5.95 Å². The molecule has 78 valence electrons. The fourth-order valence-corrected chi connectivity index (χ4v) is 1.47. The third-order valence-corrected chi connectivity index (χ3v) is 2.30. The van der Waals surface area contributed by atoms with Gasteiger partial charge in [-0.25, -0.2) is 9.97 Å². The van der Waals surface area contributed by atoms with E-state index in [1.807, 2.05) is 13.0 Å². The van der Waals surface area contributed by atoms with Gasteiger partial charge in [-0.15, -0.1) is 11.6 Å². The summed E-state index contributed by atoms with van der Waals surface area (Å²) < 4.78 is 0. The van der Waals surface area contributed by atoms with Crippen molar-refractivity contribution in [3.8, 4) is 0 Å². The highest BCUT2D eigenvalue weighted by Crippen LogP contribution is 2.07. The average Bonchev–Trinajstić information content (AvgIpc) is 2.17. The van der Waals surface area contributed by atoms with Crippen molar-refractivity contribution in [2.45, 2.75) is 32.7 Å². The highest BCUT2D eigenvalue weighted by atomic mass is 35.5. The Hall–Kier alpha value is -0.830. The second-order valence-corrected chi connectivity index (χ2v) is 3.63. The molecular weight excluding hydrogens is 198 g/mol. The molecule has 0 aliphatic heterocycles. The first kappa shape index (κ1) is 11.2. The Bertz CT molecular complexity index is 278. The van der Waals surface area contributed by atoms with Crippen LogP contribution in [0.15, 0.2) is 12.3 Å². The van der Waals surface area contributed by atoms with Gasteiger partial charge in [0.25, 0.3) is 0 Å². The van der Waals surface area contributed by atoms with Crippen molar-refractivity contribution in [1.82, 2.24) is 9.97 Å². The van der Waals surface area contributed by atoms with E-state index in [0.29, 0.717) is 17.9 Å². The number of rotatable bonds is 5. The molecule has 0 saturated carbocycles. The van der Waals surface area contributed by atoms with Crippen LogP contribution in [-0.4, -0.2) is 21.9 Å². The lowest BCUT2D eigenvalue weighted by molar-refractivity contribution is 0.667. The first-order valence-electron chi connectivity index (χ1n) is 4.88. The van der Waals surface area contributed by atoms with E-state index < -0.39 is 0 Å². The summed E-state index contributed by atoms with van der Waals surface area (Å²) in [5.74, 6) is 1.36. The van der Waals surface area contributed by atoms with Crippen molar-refractivity contribution in [2.24, 2.45) is 0 Å². The fraction of sp³-hybridized carbons (Fsp3) is 0.600. The van der Waals surface area contributed by atoms with Crippen LogP contribution in [0.2, 0.25) is 0 Å². The number of hydrogen-bond acceptors (Lipinski definition) is 3. The number of aryl methyl sites for hydroxylation is 1. The van der Waals surface area contributed by atoms with E-state index in [-0.39, 0.29) is 0 Å². The Morgan fingerprint density at radius 2 is 2.36 bits per heavy atom. The van der Waals surface area contributed by atoms with E-state index in [4.69, 9.17) is 11.6 Å². The third-order valence-electron chi connectivity index (χ3n) is 2.08. The smallest absolute Gasteiger partial charge is 0.223 e. The molecule has 1 N–H and O–H groups in total. The first-order chi connectivity index (χ1) is 6.76. The van der Waals surface area contributed by atoms with Crippen molar-refractivity contribution in [1.29, 1.82) is 0 Å². The van der Waals surface area contributed by atoms with Crippen molar-refractivity contribution in [3.63, 3.8) is 0 Å². The van der Waals surface area contributed by atoms with Gasteiger partial charge < -0.3 is 5.32 Å². The molecule has 14 heavy (non-hydrogen) atoms. The molecule has 0 fully saturated rings. The van der Waals surface area contributed by atoms with Crippen LogP contribution in [0.3, 0.4) is 0 Å². The largest absolute Gasteiger partial charge is 0.351 e. The van der Waals surface area contributed by atoms with Crippen LogP contribution in [0.5, 0.6) is 0 Å². The van der Waals surface area contributed by atoms with E-state index in [9.17, 15) is 0 Å². The normalized spacial score (nSPS) is 12.5. The molecule has 0 aliphatic carbocycles. The summed E-state index contributed by atoms with van der Waals surface area (Å²) in [5.41, 5.74) is 0.975. The maximum Gasteiger partial charge on any atom is 0.223 e. The number of anilines is 1. The number of halogens is 1. The molecule has 4 heteroatoms. The van der Waals surface area contributed by atoms with Gasteiger partial charge in [0.15, 0.2) is 0 Å². The fourth-order valence-electron chi connectivity index (χ4n) is 1.21. The molecule has 0 bridgehead atoms. The average molecular weight is 214 g/mol. The lowest BCUT2D eigenvalue weighted by atomic mass is 10.2. The zero-order valence-electron chi connectivity index (χ0n) is 8.63. The summed E-state index contributed by atoms with van der Waals surface area (Å²) in [5, 5.41) is 3.26. The Labute approximate surface area is 89.9 Å². The molecule has 1 heterocycles. The molecule has 0 aromatic carbocycles. The lowest BCUT2D eigenvalue weighted by Gasteiger charge is -2.15. The first-order valence-corrected chi connectivity index (χ1v) is 5.42. The summed E-state index contributed by atoms with van der Waals surface area (Å²) in [6.07, 6.45) is 3.73. The molecule has 3 nitrogen and oxygen atoms in total. The molecule has 1 atom stereocenters. The van der Waals surface area contributed by atoms with Gasteiger partial charge in [-0.3, -0.25) is 0 Å². The number of nitrogens with one attached hydrogen (secondary N) is 1. The molecule has 1 aromatic rings. The molecule has 0 aliphatic rings. The third kappa shape index (κ3) is 3.50. The summed E-state index contributed by atoms with van der Waals surface area (Å²) in [7, 11) is 0. The minimum Gasteiger partial charge on any atom is -0.351 e. The van der Waals surface area contributed by atoms with Crippen LogP contribution in [0, 0.1) is 6.92 Å². The second-order valence-electron chi connectivity index (χ2n) is 3.25. The molecule has 0 radical (unpaired) electrons. The highest BCUT2D eigenvalue weighted by Gasteiger charge is 2.06. The molecule has 1 aromatic heterocycles. The SMILES string of the molecule is CCC(CCCl)Nc1nccc(C)n1. The van der Waals surface area contributed by atoms with E-state index in [1.54, 1.807) is 6.20 Å². The summed E-state index contributed by atoms with van der Waals surface area (Å²) in [6.45, 7) is 4.08. The molecule has 0 spiro atoms. The van der Waals surface area contributed by atoms with Crippen molar-refractivity contribution < 1.29 is 0 Å². The summed E-state index contributed by atoms with van der Waals surface area (Å²) in [4.78, 5) is 8.42. The van der Waals surface area contributed by atoms with Gasteiger partial charge in [-0.2, -0.15) is 0 Å². The van der Waals surface area contributed by atoms with Crippen LogP contribution >= 0.6 is 11.6 Å². The van der Waals surface area contributed by atoms with Crippen molar-refractivity contribution in [3.05, 3.63) is 18.0 Å². The minimum absolute atomic E-state index is 0.370. The van der Waals surface area contributed by atoms with Gasteiger partial charge in [-0.05, 0) is 25.8 Å². The lowest BCUT2D eigenvalue weighted by Crippen LogP contribution is -2.20. The van der Waals surface area contributed by atoms with Gasteiger partial charge in [0.1, 0.15) is 0 Å². The van der Waals surface area contributed by atoms with Crippen molar-refractivity contribution in [2.75, 3.05) is 11.2 Å². The predicted molar refractivity (Wildman–Crippen MR) is 59.8 cm³/mol. The zero-order valence-corrected chi connectivity index (χ0v) is 9.38. The molecule has 1 rings (SSSR count). The molecule has 0 amide bonds. The predicted octanol–water partition coefficient (Wildman–Crippen LogP) is 2.60. The monoisotopic (exact) mass is 213 g/mol. The topological polar surface area (TPSA) is 37.8 Å². The van der Waals surface area contributed by atoms with Crippen LogP contribution in [0.25, 0.3) is 0 Å². The van der Waals surface area contributed by atoms with Crippen LogP contribution in [-0.2, 0) is 0 Å². The molecule has 0 saturated heterocycles. The standard InChI is InChI=1S/C10H16ClN3/c1-3-9(4-6-11)14-10-12-7-5-8(2)13-10/h5,7,9H,3-4,6H2,1-2H3,(H,12,13,14). The zero-order chi connectivity index (χ0) is 10.4. The number of hydrogen-bond donors (Lipinski definition) is 1. The summed E-state index contributed by atoms with van der Waals surface area (Å²) in [6, 6.07) is 2.25. The number of alkyl halides is 1. The number of nitrogens with zero attached hydrogens (tertiary/aromatic N) is 2. The van der Waals surface area contributed by atoms with Gasteiger partial charge in [0.2, 0.25) is 5.95 Å². The maximum atomic E-state index is 5.69. The Morgan fingerprint density at radius 3 is 2.93 bits per heavy atom. The molecular formula is C10H16ClN3. The quantitative estimate of drug-likeness (QED) is 0.765. The van der Waals surface area contributed by atoms with Gasteiger partial charge in [-0.1, -0.05) is 6.92 Å². The van der Waals surface area contributed by atoms with E-state index in [0.717, 1.165) is 18.5 Å². The van der Waals surface area contributed by atoms with E-state index in [2.05, 4.69) is 22.2 Å². The van der Waals surface area contributed by atoms with Crippen LogP contribution < -0.4 is 5.32 Å². The maximum absolute atomic E-state index is 5.69. The van der Waals surface area contributed by atoms with Gasteiger partial charge >= 0.3 is 0 Å². The Balaban J connectivity index is 2.57. The van der Waals surface area contributed by atoms with E-state index in [1.165, 1.54) is 0 Å². The van der Waals surface area contributed by atoms with Crippen LogP contribution in [0.1, 0.15) is 25.5 Å². The number of aromatic nitrogens is 2. The Morgan fingerprint density at radius 1 is 1.57 bits per heavy atom. The van der Waals surface area contributed by atoms with Gasteiger partial charge in [0, 0.05) is 23.8 Å². The Kier molecular flexibility index (Phi) is 4.66. The highest BCUT2D eigenvalue weighted by molar-refractivity contribution is 6.17. The second kappa shape index (κ2) is 5.81. The van der Waals surface area contributed by atoms with E-state index >= 15 is 0 Å². The molecule has 1 unspecified atom stereocenters. The van der Waals surface area contributed by atoms with Crippen molar-refractivity contribution >= 4 is 17.5 Å².